The van der Waals surface area contributed by atoms with E-state index in [0.29, 0.717) is 12.1 Å². The minimum atomic E-state index is 0.647. The summed E-state index contributed by atoms with van der Waals surface area (Å²) in [6.45, 7) is 10.4. The van der Waals surface area contributed by atoms with Crippen LogP contribution in [0.25, 0.3) is 0 Å². The summed E-state index contributed by atoms with van der Waals surface area (Å²) in [4.78, 5) is 6.99. The van der Waals surface area contributed by atoms with E-state index in [-0.39, 0.29) is 0 Å². The number of nitrogens with zero attached hydrogens (tertiary/aromatic N) is 2. The summed E-state index contributed by atoms with van der Waals surface area (Å²) in [5.41, 5.74) is 0. The second-order valence-electron chi connectivity index (χ2n) is 5.75. The molecule has 0 saturated carbocycles. The summed E-state index contributed by atoms with van der Waals surface area (Å²) >= 11 is 1.77. The van der Waals surface area contributed by atoms with Crippen molar-refractivity contribution >= 4 is 11.3 Å². The van der Waals surface area contributed by atoms with Crippen LogP contribution in [0.4, 0.5) is 0 Å². The van der Waals surface area contributed by atoms with Crippen molar-refractivity contribution in [2.45, 2.75) is 45.7 Å². The highest BCUT2D eigenvalue weighted by molar-refractivity contribution is 7.09. The average Bonchev–Trinajstić information content (AvgIpc) is 2.82. The minimum Gasteiger partial charge on any atom is -0.311 e. The van der Waals surface area contributed by atoms with E-state index in [1.165, 1.54) is 18.0 Å². The van der Waals surface area contributed by atoms with Crippen molar-refractivity contribution in [3.05, 3.63) is 16.6 Å². The molecule has 1 aromatic rings. The zero-order valence-electron chi connectivity index (χ0n) is 11.7. The zero-order valence-corrected chi connectivity index (χ0v) is 12.5. The molecule has 1 saturated heterocycles. The van der Waals surface area contributed by atoms with Gasteiger partial charge in [0.25, 0.3) is 0 Å². The molecular formula is C14H25N3S. The smallest absolute Gasteiger partial charge is 0.0937 e. The molecule has 18 heavy (non-hydrogen) atoms. The molecule has 1 aromatic heterocycles. The van der Waals surface area contributed by atoms with Crippen LogP contribution in [-0.2, 0) is 6.42 Å². The van der Waals surface area contributed by atoms with Gasteiger partial charge in [-0.15, -0.1) is 11.3 Å². The quantitative estimate of drug-likeness (QED) is 0.888. The van der Waals surface area contributed by atoms with Crippen molar-refractivity contribution in [1.29, 1.82) is 0 Å². The van der Waals surface area contributed by atoms with Crippen LogP contribution in [0.2, 0.25) is 0 Å². The number of rotatable bonds is 5. The number of thiazole rings is 1. The van der Waals surface area contributed by atoms with E-state index in [9.17, 15) is 0 Å². The van der Waals surface area contributed by atoms with Gasteiger partial charge < -0.3 is 5.32 Å². The van der Waals surface area contributed by atoms with Gasteiger partial charge in [0, 0.05) is 49.7 Å². The molecule has 2 rings (SSSR count). The van der Waals surface area contributed by atoms with Crippen LogP contribution in [0, 0.1) is 5.92 Å². The second kappa shape index (κ2) is 6.64. The molecule has 102 valence electrons. The topological polar surface area (TPSA) is 28.2 Å². The maximum Gasteiger partial charge on any atom is 0.0937 e. The average molecular weight is 267 g/mol. The van der Waals surface area contributed by atoms with Gasteiger partial charge in [0.2, 0.25) is 0 Å². The summed E-state index contributed by atoms with van der Waals surface area (Å²) in [6.07, 6.45) is 4.28. The Kier molecular flexibility index (Phi) is 5.15. The Balaban J connectivity index is 1.81. The van der Waals surface area contributed by atoms with Gasteiger partial charge in [-0.2, -0.15) is 0 Å². The third kappa shape index (κ3) is 4.04. The number of aromatic nitrogens is 1. The van der Waals surface area contributed by atoms with E-state index in [2.05, 4.69) is 41.4 Å². The molecule has 1 aliphatic rings. The SMILES string of the molecule is CC(C)CC1CN(CCc2nccs2)C(C)CN1. The Bertz CT molecular complexity index is 337. The highest BCUT2D eigenvalue weighted by Crippen LogP contribution is 2.14. The van der Waals surface area contributed by atoms with E-state index < -0.39 is 0 Å². The maximum absolute atomic E-state index is 4.37. The van der Waals surface area contributed by atoms with Crippen LogP contribution in [0.3, 0.4) is 0 Å². The fourth-order valence-electron chi connectivity index (χ4n) is 2.65. The molecule has 0 spiro atoms. The molecule has 2 heterocycles. The van der Waals surface area contributed by atoms with Gasteiger partial charge in [0.1, 0.15) is 0 Å². The number of hydrogen-bond donors (Lipinski definition) is 1. The van der Waals surface area contributed by atoms with Gasteiger partial charge in [-0.05, 0) is 19.3 Å². The first-order chi connectivity index (χ1) is 8.65. The van der Waals surface area contributed by atoms with Gasteiger partial charge in [0.05, 0.1) is 5.01 Å². The molecule has 3 nitrogen and oxygen atoms in total. The van der Waals surface area contributed by atoms with Crippen molar-refractivity contribution in [1.82, 2.24) is 15.2 Å². The summed E-state index contributed by atoms with van der Waals surface area (Å²) in [5, 5.41) is 7.00. The molecule has 4 heteroatoms. The molecule has 1 aliphatic heterocycles. The molecule has 1 N–H and O–H groups in total. The summed E-state index contributed by atoms with van der Waals surface area (Å²) < 4.78 is 0. The van der Waals surface area contributed by atoms with E-state index in [1.807, 2.05) is 6.20 Å². The van der Waals surface area contributed by atoms with Crippen molar-refractivity contribution in [3.8, 4) is 0 Å². The van der Waals surface area contributed by atoms with E-state index in [0.717, 1.165) is 25.4 Å². The van der Waals surface area contributed by atoms with Crippen LogP contribution in [0.1, 0.15) is 32.2 Å². The van der Waals surface area contributed by atoms with Gasteiger partial charge in [0.15, 0.2) is 0 Å². The monoisotopic (exact) mass is 267 g/mol. The lowest BCUT2D eigenvalue weighted by atomic mass is 10.00. The molecule has 0 aliphatic carbocycles. The number of hydrogen-bond acceptors (Lipinski definition) is 4. The molecule has 1 fully saturated rings. The summed E-state index contributed by atoms with van der Waals surface area (Å²) in [6, 6.07) is 1.31. The van der Waals surface area contributed by atoms with E-state index in [1.54, 1.807) is 11.3 Å². The highest BCUT2D eigenvalue weighted by atomic mass is 32.1. The van der Waals surface area contributed by atoms with E-state index >= 15 is 0 Å². The lowest BCUT2D eigenvalue weighted by Gasteiger charge is -2.39. The zero-order chi connectivity index (χ0) is 13.0. The number of nitrogens with one attached hydrogen (secondary N) is 1. The standard InChI is InChI=1S/C14H25N3S/c1-11(2)8-13-10-17(12(3)9-16-13)6-4-14-15-5-7-18-14/h5,7,11-13,16H,4,6,8-10H2,1-3H3. The van der Waals surface area contributed by atoms with Gasteiger partial charge in [-0.25, -0.2) is 4.98 Å². The van der Waals surface area contributed by atoms with Crippen LogP contribution in [0.5, 0.6) is 0 Å². The fourth-order valence-corrected chi connectivity index (χ4v) is 3.26. The molecule has 0 bridgehead atoms. The first-order valence-electron chi connectivity index (χ1n) is 7.01. The van der Waals surface area contributed by atoms with Gasteiger partial charge >= 0.3 is 0 Å². The molecular weight excluding hydrogens is 242 g/mol. The Labute approximate surface area is 115 Å². The molecule has 0 radical (unpaired) electrons. The predicted molar refractivity (Wildman–Crippen MR) is 78.1 cm³/mol. The summed E-state index contributed by atoms with van der Waals surface area (Å²) in [5.74, 6) is 0.775. The van der Waals surface area contributed by atoms with Crippen LogP contribution >= 0.6 is 11.3 Å². The second-order valence-corrected chi connectivity index (χ2v) is 6.73. The predicted octanol–water partition coefficient (Wildman–Crippen LogP) is 2.39. The largest absolute Gasteiger partial charge is 0.311 e. The van der Waals surface area contributed by atoms with Gasteiger partial charge in [-0.1, -0.05) is 13.8 Å². The first kappa shape index (κ1) is 14.0. The highest BCUT2D eigenvalue weighted by Gasteiger charge is 2.24. The third-order valence-electron chi connectivity index (χ3n) is 3.63. The van der Waals surface area contributed by atoms with Crippen molar-refractivity contribution in [2.75, 3.05) is 19.6 Å². The molecule has 0 amide bonds. The Morgan fingerprint density at radius 3 is 3.06 bits per heavy atom. The van der Waals surface area contributed by atoms with Crippen LogP contribution in [-0.4, -0.2) is 41.6 Å². The lowest BCUT2D eigenvalue weighted by molar-refractivity contribution is 0.133. The Morgan fingerprint density at radius 2 is 2.39 bits per heavy atom. The maximum atomic E-state index is 4.37. The molecule has 2 unspecified atom stereocenters. The van der Waals surface area contributed by atoms with Crippen molar-refractivity contribution in [3.63, 3.8) is 0 Å². The van der Waals surface area contributed by atoms with Crippen LogP contribution < -0.4 is 5.32 Å². The molecule has 0 aromatic carbocycles. The normalized spacial score (nSPS) is 25.8. The minimum absolute atomic E-state index is 0.647. The molecule has 2 atom stereocenters. The first-order valence-corrected chi connectivity index (χ1v) is 7.89. The van der Waals surface area contributed by atoms with E-state index in [4.69, 9.17) is 0 Å². The fraction of sp³-hybridized carbons (Fsp3) is 0.786. The van der Waals surface area contributed by atoms with Gasteiger partial charge in [-0.3, -0.25) is 4.90 Å². The summed E-state index contributed by atoms with van der Waals surface area (Å²) in [7, 11) is 0. The van der Waals surface area contributed by atoms with Crippen molar-refractivity contribution < 1.29 is 0 Å². The van der Waals surface area contributed by atoms with Crippen LogP contribution in [0.15, 0.2) is 11.6 Å². The third-order valence-corrected chi connectivity index (χ3v) is 4.47. The Morgan fingerprint density at radius 1 is 1.56 bits per heavy atom. The lowest BCUT2D eigenvalue weighted by Crippen LogP contribution is -2.56. The Hall–Kier alpha value is -0.450. The van der Waals surface area contributed by atoms with Crippen molar-refractivity contribution in [2.24, 2.45) is 5.92 Å². The number of piperazine rings is 1.